The molecule has 0 spiro atoms. The molecular weight excluding hydrogens is 1100 g/mol. The van der Waals surface area contributed by atoms with Crippen LogP contribution in [-0.4, -0.2) is 175 Å². The fourth-order valence-corrected chi connectivity index (χ4v) is 10.4. The third kappa shape index (κ3) is 15.6. The Labute approximate surface area is 482 Å². The third-order valence-electron chi connectivity index (χ3n) is 15.1. The van der Waals surface area contributed by atoms with Crippen LogP contribution >= 0.6 is 0 Å². The number of hydrogen-bond acceptors (Lipinski definition) is 21. The molecule has 0 amide bonds. The smallest absolute Gasteiger partial charge is 0.338 e. The third-order valence-corrected chi connectivity index (χ3v) is 15.1. The number of aliphatic carboxylic acids is 1. The standard InChI is InChI=1S/C29H35N3O10.C29H33N3O10/c1-16-22(31-32-30)28(37-3)40-21(15-38-26(35)18-10-6-4-7-11-18)24(16)42-29-25(17(2)23(34)20(14-33)39-29)41-27(36)19-12-8-5-9-13-19;1-15-21(31-32-30)17(3)39-20(14-38-27(36)18-10-6-4-7-11-18)23(15)41-29-24(16(2)22(33)25(42-29)26(34)35)40-28(37)19-12-8-5-9-13-19/h4-13,16-17,20-25,28-29,33-34H,14-15H2,1-3H3;4-13,15-17,20-25,29,33H,14H2,1-3H3,(H,34,35)/t16?,17?,20?,21?,22-,23-,24-,25-,28-,29-;15?,16?,17-,20?,21+,22+,23+,24+,25?,29-/m01/s1. The lowest BCUT2D eigenvalue weighted by molar-refractivity contribution is -0.332. The maximum Gasteiger partial charge on any atom is 0.338 e. The number of rotatable bonds is 19. The second-order valence-electron chi connectivity index (χ2n) is 20.6. The Kier molecular flexibility index (Phi) is 23.1. The molecule has 84 heavy (non-hydrogen) atoms. The Balaban J connectivity index is 0.000000241. The molecule has 0 radical (unpaired) electrons. The Hall–Kier alpha value is -7.55. The van der Waals surface area contributed by atoms with E-state index in [0.29, 0.717) is 11.1 Å². The fraction of sp³-hybridized carbons (Fsp3) is 0.500. The van der Waals surface area contributed by atoms with Gasteiger partial charge >= 0.3 is 29.8 Å². The van der Waals surface area contributed by atoms with Crippen molar-refractivity contribution in [2.75, 3.05) is 26.9 Å². The van der Waals surface area contributed by atoms with Crippen molar-refractivity contribution < 1.29 is 96.5 Å². The number of nitrogens with zero attached hydrogens (tertiary/aromatic N) is 6. The molecule has 4 saturated heterocycles. The zero-order chi connectivity index (χ0) is 60.6. The van der Waals surface area contributed by atoms with Crippen LogP contribution in [0.5, 0.6) is 0 Å². The second kappa shape index (κ2) is 30.3. The Morgan fingerprint density at radius 2 is 0.881 bits per heavy atom. The first-order valence-electron chi connectivity index (χ1n) is 27.1. The van der Waals surface area contributed by atoms with Crippen molar-refractivity contribution in [1.82, 2.24) is 0 Å². The predicted octanol–water partition coefficient (Wildman–Crippen LogP) is 6.22. The summed E-state index contributed by atoms with van der Waals surface area (Å²) in [5.74, 6) is -6.73. The van der Waals surface area contributed by atoms with Gasteiger partial charge in [-0.15, -0.1) is 0 Å². The average Bonchev–Trinajstić information content (AvgIpc) is 2.75. The Morgan fingerprint density at radius 1 is 0.500 bits per heavy atom. The summed E-state index contributed by atoms with van der Waals surface area (Å²) in [6, 6.07) is 31.6. The zero-order valence-corrected chi connectivity index (χ0v) is 46.7. The van der Waals surface area contributed by atoms with Gasteiger partial charge in [0.2, 0.25) is 0 Å². The van der Waals surface area contributed by atoms with E-state index in [-0.39, 0.29) is 24.3 Å². The molecule has 4 aliphatic rings. The van der Waals surface area contributed by atoms with Crippen molar-refractivity contribution in [3.63, 3.8) is 0 Å². The molecule has 26 heteroatoms. The van der Waals surface area contributed by atoms with Crippen LogP contribution in [0.4, 0.5) is 0 Å². The predicted molar refractivity (Wildman–Crippen MR) is 291 cm³/mol. The van der Waals surface area contributed by atoms with Gasteiger partial charge in [0, 0.05) is 28.8 Å². The summed E-state index contributed by atoms with van der Waals surface area (Å²) >= 11 is 0. The normalized spacial score (nSPS) is 32.7. The number of ether oxygens (including phenoxy) is 11. The molecule has 0 aromatic heterocycles. The van der Waals surface area contributed by atoms with Gasteiger partial charge < -0.3 is 72.5 Å². The van der Waals surface area contributed by atoms with Crippen LogP contribution in [-0.2, 0) is 56.9 Å². The first-order valence-corrected chi connectivity index (χ1v) is 27.1. The number of azide groups is 2. The van der Waals surface area contributed by atoms with Gasteiger partial charge in [0.25, 0.3) is 0 Å². The minimum absolute atomic E-state index is 0.232. The molecule has 0 aliphatic carbocycles. The van der Waals surface area contributed by atoms with E-state index < -0.39 is 158 Å². The lowest BCUT2D eigenvalue weighted by Crippen LogP contribution is -2.61. The minimum Gasteiger partial charge on any atom is -0.479 e. The molecule has 4 heterocycles. The fourth-order valence-electron chi connectivity index (χ4n) is 10.4. The van der Waals surface area contributed by atoms with E-state index in [1.807, 2.05) is 0 Å². The molecule has 4 aliphatic heterocycles. The number of methoxy groups -OCH3 is 1. The molecule has 8 rings (SSSR count). The van der Waals surface area contributed by atoms with E-state index in [0.717, 1.165) is 0 Å². The largest absolute Gasteiger partial charge is 0.479 e. The number of hydrogen-bond donors (Lipinski definition) is 4. The number of aliphatic hydroxyl groups excluding tert-OH is 3. The van der Waals surface area contributed by atoms with Gasteiger partial charge in [-0.3, -0.25) is 0 Å². The summed E-state index contributed by atoms with van der Waals surface area (Å²) < 4.78 is 64.4. The highest BCUT2D eigenvalue weighted by Crippen LogP contribution is 2.39. The zero-order valence-electron chi connectivity index (χ0n) is 46.7. The number of carboxylic acids is 1. The summed E-state index contributed by atoms with van der Waals surface area (Å²) in [6.07, 6.45) is -15.8. The van der Waals surface area contributed by atoms with Crippen LogP contribution in [0.1, 0.15) is 76.1 Å². The van der Waals surface area contributed by atoms with Crippen molar-refractivity contribution in [3.05, 3.63) is 164 Å². The molecule has 0 saturated carbocycles. The lowest BCUT2D eigenvalue weighted by atomic mass is 9.86. The van der Waals surface area contributed by atoms with E-state index in [1.54, 1.807) is 149 Å². The van der Waals surface area contributed by atoms with Crippen LogP contribution in [0, 0.1) is 23.7 Å². The summed E-state index contributed by atoms with van der Waals surface area (Å²) in [4.78, 5) is 69.1. The molecular formula is C58H68N6O20. The van der Waals surface area contributed by atoms with Crippen LogP contribution < -0.4 is 0 Å². The highest BCUT2D eigenvalue weighted by molar-refractivity contribution is 5.91. The van der Waals surface area contributed by atoms with E-state index in [2.05, 4.69) is 20.1 Å². The summed E-state index contributed by atoms with van der Waals surface area (Å²) in [6.45, 7) is 7.35. The lowest BCUT2D eigenvalue weighted by Gasteiger charge is -2.47. The number of aliphatic hydroxyl groups is 3. The molecule has 4 aromatic rings. The molecule has 4 N–H and O–H groups in total. The SMILES string of the molecule is CC1[C@H](O[C@@H]2OC(C(=O)O)[C@@H](O)C(C)[C@@H]2OC(=O)c2ccccc2)C(COC(=O)c2ccccc2)O[C@H](C)[C@H]1N=[N+]=[N-].CO[C@H]1OC(COC(=O)c2ccccc2)[C@@H](O[C@@H]2OC(CO)[C@@H](O)C(C)[C@@H]2OC(=O)c2ccccc2)C(C)[C@@H]1N=[N+]=[N-]. The van der Waals surface area contributed by atoms with Crippen molar-refractivity contribution in [3.8, 4) is 0 Å². The topological polar surface area (TPSA) is 365 Å². The molecule has 4 aromatic carbocycles. The van der Waals surface area contributed by atoms with Gasteiger partial charge in [-0.25, -0.2) is 24.0 Å². The number of carbonyl (C=O) groups excluding carboxylic acids is 4. The van der Waals surface area contributed by atoms with Crippen molar-refractivity contribution in [1.29, 1.82) is 0 Å². The summed E-state index contributed by atoms with van der Waals surface area (Å²) in [5, 5.41) is 48.8. The number of carboxylic acid groups (broad SMARTS) is 1. The number of benzene rings is 4. The maximum absolute atomic E-state index is 13.0. The molecule has 450 valence electrons. The quantitative estimate of drug-likeness (QED) is 0.0266. The molecule has 26 nitrogen and oxygen atoms in total. The maximum atomic E-state index is 13.0. The van der Waals surface area contributed by atoms with E-state index in [1.165, 1.54) is 14.0 Å². The van der Waals surface area contributed by atoms with Gasteiger partial charge in [-0.1, -0.05) is 111 Å². The number of carbonyl (C=O) groups is 5. The molecule has 20 atom stereocenters. The van der Waals surface area contributed by atoms with Crippen LogP contribution in [0.2, 0.25) is 0 Å². The molecule has 0 bridgehead atoms. The highest BCUT2D eigenvalue weighted by atomic mass is 16.7. The number of esters is 4. The van der Waals surface area contributed by atoms with Crippen LogP contribution in [0.3, 0.4) is 0 Å². The van der Waals surface area contributed by atoms with Gasteiger partial charge in [0.05, 0.1) is 71.5 Å². The van der Waals surface area contributed by atoms with Crippen molar-refractivity contribution in [2.45, 2.75) is 133 Å². The second-order valence-corrected chi connectivity index (χ2v) is 20.6. The first kappa shape index (κ1) is 64.0. The van der Waals surface area contributed by atoms with Crippen molar-refractivity contribution >= 4 is 29.8 Å². The van der Waals surface area contributed by atoms with Crippen LogP contribution in [0.15, 0.2) is 132 Å². The molecule has 4 fully saturated rings. The summed E-state index contributed by atoms with van der Waals surface area (Å²) in [5.41, 5.74) is 19.5. The monoisotopic (exact) mass is 1170 g/mol. The Morgan fingerprint density at radius 3 is 1.30 bits per heavy atom. The van der Waals surface area contributed by atoms with Crippen LogP contribution in [0.25, 0.3) is 20.9 Å². The Bertz CT molecular complexity index is 2910. The minimum atomic E-state index is -1.68. The highest BCUT2D eigenvalue weighted by Gasteiger charge is 2.54. The van der Waals surface area contributed by atoms with E-state index in [4.69, 9.17) is 57.6 Å². The first-order chi connectivity index (χ1) is 40.4. The average molecular weight is 1170 g/mol. The van der Waals surface area contributed by atoms with Gasteiger partial charge in [-0.05, 0) is 78.4 Å². The van der Waals surface area contributed by atoms with Crippen molar-refractivity contribution in [2.24, 2.45) is 33.9 Å². The van der Waals surface area contributed by atoms with Gasteiger partial charge in [-0.2, -0.15) is 0 Å². The van der Waals surface area contributed by atoms with Gasteiger partial charge in [0.15, 0.2) is 37.2 Å². The van der Waals surface area contributed by atoms with E-state index in [9.17, 15) is 49.9 Å². The summed E-state index contributed by atoms with van der Waals surface area (Å²) in [7, 11) is 1.39. The van der Waals surface area contributed by atoms with Gasteiger partial charge in [0.1, 0.15) is 31.5 Å². The molecule has 8 unspecified atom stereocenters. The van der Waals surface area contributed by atoms with E-state index >= 15 is 0 Å².